The predicted molar refractivity (Wildman–Crippen MR) is 326 cm³/mol. The fraction of sp³-hybridized carbons (Fsp3) is 0.508. The van der Waals surface area contributed by atoms with Gasteiger partial charge in [0.05, 0.1) is 25.1 Å². The molecule has 0 saturated carbocycles. The minimum Gasteiger partial charge on any atom is -0.394 e. The van der Waals surface area contributed by atoms with E-state index in [1.54, 1.807) is 89.3 Å². The quantitative estimate of drug-likeness (QED) is 0.0106. The Morgan fingerprint density at radius 1 is 0.722 bits per heavy atom. The first-order valence-electron chi connectivity index (χ1n) is 29.8. The number of amides is 12. The minimum atomic E-state index is -1.76. The molecule has 31 nitrogen and oxygen atoms in total. The molecule has 6 rings (SSSR count). The number of hydrazine groups is 1. The molecule has 0 bridgehead atoms. The Kier molecular flexibility index (Phi) is 25.5. The zero-order chi connectivity index (χ0) is 65.7. The van der Waals surface area contributed by atoms with Gasteiger partial charge >= 0.3 is 6.03 Å². The number of aromatic nitrogens is 3. The zero-order valence-corrected chi connectivity index (χ0v) is 51.0. The van der Waals surface area contributed by atoms with Gasteiger partial charge < -0.3 is 84.0 Å². The van der Waals surface area contributed by atoms with Crippen LogP contribution in [0.5, 0.6) is 0 Å². The van der Waals surface area contributed by atoms with Gasteiger partial charge in [-0.1, -0.05) is 62.4 Å². The van der Waals surface area contributed by atoms with Gasteiger partial charge in [0, 0.05) is 67.8 Å². The molecular weight excluding hydrogens is 1170 g/mol. The number of imidazole rings is 1. The molecule has 31 heteroatoms. The van der Waals surface area contributed by atoms with Crippen LogP contribution in [-0.4, -0.2) is 182 Å². The van der Waals surface area contributed by atoms with Gasteiger partial charge in [0.25, 0.3) is 5.91 Å². The van der Waals surface area contributed by atoms with Crippen molar-refractivity contribution in [2.45, 2.75) is 159 Å². The highest BCUT2D eigenvalue weighted by Crippen LogP contribution is 2.22. The summed E-state index contributed by atoms with van der Waals surface area (Å²) < 4.78 is 6.04. The van der Waals surface area contributed by atoms with Gasteiger partial charge in [-0.15, -0.1) is 0 Å². The highest BCUT2D eigenvalue weighted by Gasteiger charge is 2.40. The van der Waals surface area contributed by atoms with Gasteiger partial charge in [-0.3, -0.25) is 58.8 Å². The summed E-state index contributed by atoms with van der Waals surface area (Å²) in [6.07, 6.45) is 5.18. The number of nitrogens with zero attached hydrogens (tertiary/aromatic N) is 2. The second kappa shape index (κ2) is 33.1. The molecule has 2 aromatic heterocycles. The highest BCUT2D eigenvalue weighted by atomic mass is 16.5. The van der Waals surface area contributed by atoms with Crippen molar-refractivity contribution in [1.29, 1.82) is 5.41 Å². The number of carbonyl (C=O) groups is 11. The van der Waals surface area contributed by atoms with Gasteiger partial charge in [0.2, 0.25) is 53.2 Å². The number of likely N-dealkylation sites (tertiary alicyclic amines) is 1. The Balaban J connectivity index is 1.23. The lowest BCUT2D eigenvalue weighted by Crippen LogP contribution is -2.62. The molecule has 2 aliphatic rings. The van der Waals surface area contributed by atoms with Gasteiger partial charge in [0.1, 0.15) is 54.4 Å². The molecule has 19 N–H and O–H groups in total. The molecule has 0 radical (unpaired) electrons. The second-order valence-electron chi connectivity index (χ2n) is 23.5. The average Bonchev–Trinajstić information content (AvgIpc) is 2.27. The van der Waals surface area contributed by atoms with Crippen molar-refractivity contribution < 1.29 is 62.6 Å². The number of guanidine groups is 1. The molecule has 9 atom stereocenters. The fourth-order valence-electron chi connectivity index (χ4n) is 10.2. The number of H-pyrrole nitrogens is 2. The van der Waals surface area contributed by atoms with E-state index in [-0.39, 0.29) is 88.7 Å². The Bertz CT molecular complexity index is 3170. The highest BCUT2D eigenvalue weighted by molar-refractivity contribution is 5.99. The zero-order valence-electron chi connectivity index (χ0n) is 51.0. The summed E-state index contributed by atoms with van der Waals surface area (Å²) in [5, 5.41) is 43.0. The molecule has 0 unspecified atom stereocenters. The summed E-state index contributed by atoms with van der Waals surface area (Å²) >= 11 is 0. The number of fused-ring (bicyclic) bond motifs is 1. The molecule has 4 aromatic rings. The lowest BCUT2D eigenvalue weighted by atomic mass is 10.0. The van der Waals surface area contributed by atoms with Crippen molar-refractivity contribution in [3.05, 3.63) is 90.1 Å². The SMILES string of the molecule is CC(C)C[C@H](NC(=O)[C@@H](COC(C)(C)C)NC(=O)[C@H](Cc1ccccc1)NC(=O)[C@H](CO)NC(=O)[C@H](Cc1c[nH]c2ccccc12)NC(=O)[C@H](Cc1cnc[nH]1)NC(=O)[C@@H]1CCC(=O)N1)C(=O)N[C@@H](CCCNC(=N)N)C(=O)N1CCC[C@H]1C(=O)NNC(N)=O. The van der Waals surface area contributed by atoms with E-state index in [0.717, 1.165) is 0 Å². The van der Waals surface area contributed by atoms with Crippen LogP contribution < -0.4 is 70.2 Å². The van der Waals surface area contributed by atoms with Crippen molar-refractivity contribution in [2.75, 3.05) is 26.3 Å². The van der Waals surface area contributed by atoms with E-state index >= 15 is 0 Å². The van der Waals surface area contributed by atoms with Gasteiger partial charge in [-0.05, 0) is 82.4 Å². The number of aliphatic hydroxyl groups is 1. The van der Waals surface area contributed by atoms with Crippen LogP contribution in [0.4, 0.5) is 4.79 Å². The van der Waals surface area contributed by atoms with Crippen molar-refractivity contribution >= 4 is 82.0 Å². The number of nitrogens with one attached hydrogen (secondary N) is 14. The van der Waals surface area contributed by atoms with Crippen LogP contribution in [0.15, 0.2) is 73.3 Å². The van der Waals surface area contributed by atoms with E-state index in [0.29, 0.717) is 34.1 Å². The van der Waals surface area contributed by atoms with Gasteiger partial charge in [-0.25, -0.2) is 15.2 Å². The predicted octanol–water partition coefficient (Wildman–Crippen LogP) is -2.60. The van der Waals surface area contributed by atoms with Crippen molar-refractivity contribution in [2.24, 2.45) is 17.4 Å². The summed E-state index contributed by atoms with van der Waals surface area (Å²) in [6.45, 7) is 7.50. The maximum absolute atomic E-state index is 14.8. The second-order valence-corrected chi connectivity index (χ2v) is 23.5. The number of primary amides is 1. The van der Waals surface area contributed by atoms with E-state index in [4.69, 9.17) is 21.6 Å². The Morgan fingerprint density at radius 3 is 1.94 bits per heavy atom. The normalized spacial score (nSPS) is 17.0. The maximum Gasteiger partial charge on any atom is 0.330 e. The molecule has 2 aliphatic heterocycles. The lowest BCUT2D eigenvalue weighted by Gasteiger charge is -2.31. The molecule has 12 amide bonds. The van der Waals surface area contributed by atoms with Crippen LogP contribution in [0.1, 0.15) is 96.4 Å². The molecule has 488 valence electrons. The number of aromatic amines is 2. The molecule has 0 spiro atoms. The Labute approximate surface area is 519 Å². The van der Waals surface area contributed by atoms with E-state index in [9.17, 15) is 57.8 Å². The maximum atomic E-state index is 14.8. The third-order valence-electron chi connectivity index (χ3n) is 14.8. The summed E-state index contributed by atoms with van der Waals surface area (Å²) in [4.78, 5) is 163. The number of hydrogen-bond donors (Lipinski definition) is 17. The van der Waals surface area contributed by atoms with Crippen LogP contribution in [0.25, 0.3) is 10.9 Å². The van der Waals surface area contributed by atoms with Crippen LogP contribution in [0.3, 0.4) is 0 Å². The first kappa shape index (κ1) is 69.5. The van der Waals surface area contributed by atoms with E-state index in [1.165, 1.54) is 17.4 Å². The third kappa shape index (κ3) is 21.3. The van der Waals surface area contributed by atoms with Crippen LogP contribution in [-0.2, 0) is 71.9 Å². The molecule has 90 heavy (non-hydrogen) atoms. The van der Waals surface area contributed by atoms with Crippen LogP contribution >= 0.6 is 0 Å². The number of carbonyl (C=O) groups excluding carboxylic acids is 11. The standard InChI is InChI=1S/C59H84N18O13/c1-32(2)23-40(49(81)68-39(17-11-21-64-57(60)61)56(88)77-22-12-18-46(77)55(87)75-76-58(62)89)69-54(86)45(30-90-59(3,4)5)74-50(82)41(24-33-13-7-6-8-14-33)70-53(85)44(29-78)73-51(83)42(25-34-27-65-37-16-10-9-15-36(34)37)71-52(84)43(26-35-28-63-31-66-35)72-48(80)38-19-20-47(79)67-38/h6-10,13-16,27-28,31-32,38-46,65,78H,11-12,17-26,29-30H2,1-5H3,(H,63,66)(H,67,79)(H,68,81)(H,69,86)(H,70,85)(H,71,84)(H,72,80)(H,73,83)(H,74,82)(H,75,87)(H4,60,61,64)(H3,62,76,89)/t38-,39-,40-,41-,42-,43-,44-,45+,46-/m0/s1. The number of ether oxygens (including phenoxy) is 1. The lowest BCUT2D eigenvalue weighted by molar-refractivity contribution is -0.142. The topological polar surface area (TPSA) is 473 Å². The first-order chi connectivity index (χ1) is 42.8. The Morgan fingerprint density at radius 2 is 1.32 bits per heavy atom. The van der Waals surface area contributed by atoms with Crippen LogP contribution in [0.2, 0.25) is 0 Å². The number of benzene rings is 2. The number of para-hydroxylation sites is 1. The summed E-state index contributed by atoms with van der Waals surface area (Å²) in [5.41, 5.74) is 16.2. The molecule has 4 heterocycles. The summed E-state index contributed by atoms with van der Waals surface area (Å²) in [7, 11) is 0. The first-order valence-corrected chi connectivity index (χ1v) is 29.8. The van der Waals surface area contributed by atoms with Gasteiger partial charge in [-0.2, -0.15) is 0 Å². The largest absolute Gasteiger partial charge is 0.394 e. The van der Waals surface area contributed by atoms with E-state index in [1.807, 2.05) is 11.5 Å². The fourth-order valence-corrected chi connectivity index (χ4v) is 10.2. The van der Waals surface area contributed by atoms with E-state index in [2.05, 4.69) is 68.2 Å². The number of rotatable bonds is 31. The van der Waals surface area contributed by atoms with Crippen molar-refractivity contribution in [3.63, 3.8) is 0 Å². The molecular formula is C59H84N18O13. The minimum absolute atomic E-state index is 0.00806. The molecule has 2 aromatic carbocycles. The van der Waals surface area contributed by atoms with Crippen molar-refractivity contribution in [1.82, 2.24) is 78.6 Å². The smallest absolute Gasteiger partial charge is 0.330 e. The molecule has 0 aliphatic carbocycles. The monoisotopic (exact) mass is 1250 g/mol. The number of aliphatic hydroxyl groups excluding tert-OH is 1. The van der Waals surface area contributed by atoms with Crippen LogP contribution in [0, 0.1) is 11.3 Å². The Hall–Kier alpha value is -9.65. The number of nitrogens with two attached hydrogens (primary N) is 2. The molecule has 2 saturated heterocycles. The van der Waals surface area contributed by atoms with Crippen molar-refractivity contribution in [3.8, 4) is 0 Å². The number of hydrogen-bond acceptors (Lipinski definition) is 15. The summed E-state index contributed by atoms with van der Waals surface area (Å²) in [6, 6.07) is 2.48. The number of urea groups is 1. The molecule has 2 fully saturated rings. The van der Waals surface area contributed by atoms with E-state index < -0.39 is 132 Å². The average molecular weight is 1250 g/mol. The third-order valence-corrected chi connectivity index (χ3v) is 14.8. The summed E-state index contributed by atoms with van der Waals surface area (Å²) in [5.74, 6) is -8.32. The van der Waals surface area contributed by atoms with Gasteiger partial charge in [0.15, 0.2) is 5.96 Å².